The van der Waals surface area contributed by atoms with E-state index in [9.17, 15) is 0 Å². The Kier molecular flexibility index (Phi) is 3.48. The standard InChI is InChI=1S/C20H15ClN6/c1-12-3-8-17(13(2)9-12)27-19-16(10-23-27)20-24-18(25-26(20)11-22-19)14-4-6-15(21)7-5-14/h3-11H,1-2H3. The summed E-state index contributed by atoms with van der Waals surface area (Å²) < 4.78 is 3.53. The quantitative estimate of drug-likeness (QED) is 0.459. The Morgan fingerprint density at radius 1 is 0.963 bits per heavy atom. The fraction of sp³-hybridized carbons (Fsp3) is 0.100. The topological polar surface area (TPSA) is 60.9 Å². The van der Waals surface area contributed by atoms with Crippen LogP contribution in [0, 0.1) is 13.8 Å². The van der Waals surface area contributed by atoms with Crippen molar-refractivity contribution in [3.63, 3.8) is 0 Å². The predicted molar refractivity (Wildman–Crippen MR) is 105 cm³/mol. The Labute approximate surface area is 160 Å². The van der Waals surface area contributed by atoms with E-state index >= 15 is 0 Å². The van der Waals surface area contributed by atoms with Gasteiger partial charge >= 0.3 is 0 Å². The molecule has 0 N–H and O–H groups in total. The van der Waals surface area contributed by atoms with Crippen LogP contribution < -0.4 is 0 Å². The number of rotatable bonds is 2. The number of fused-ring (bicyclic) bond motifs is 3. The summed E-state index contributed by atoms with van der Waals surface area (Å²) in [6.45, 7) is 4.15. The van der Waals surface area contributed by atoms with E-state index in [1.807, 2.05) is 28.9 Å². The number of aryl methyl sites for hydroxylation is 2. The van der Waals surface area contributed by atoms with Crippen LogP contribution in [-0.4, -0.2) is 29.4 Å². The first-order valence-corrected chi connectivity index (χ1v) is 8.90. The third-order valence-corrected chi connectivity index (χ3v) is 4.84. The van der Waals surface area contributed by atoms with Crippen LogP contribution in [0.15, 0.2) is 55.0 Å². The molecule has 0 amide bonds. The summed E-state index contributed by atoms with van der Waals surface area (Å²) in [7, 11) is 0. The molecule has 27 heavy (non-hydrogen) atoms. The van der Waals surface area contributed by atoms with Gasteiger partial charge in [-0.15, -0.1) is 5.10 Å². The van der Waals surface area contributed by atoms with Crippen LogP contribution in [0.1, 0.15) is 11.1 Å². The molecule has 132 valence electrons. The molecule has 5 aromatic rings. The van der Waals surface area contributed by atoms with Gasteiger partial charge < -0.3 is 0 Å². The number of aromatic nitrogens is 6. The molecule has 3 heterocycles. The van der Waals surface area contributed by atoms with Crippen molar-refractivity contribution in [1.82, 2.24) is 29.4 Å². The maximum absolute atomic E-state index is 5.97. The molecule has 5 rings (SSSR count). The molecule has 0 fully saturated rings. The summed E-state index contributed by atoms with van der Waals surface area (Å²) in [5.41, 5.74) is 5.74. The lowest BCUT2D eigenvalue weighted by Gasteiger charge is -2.07. The molecule has 0 saturated heterocycles. The van der Waals surface area contributed by atoms with Crippen LogP contribution in [0.2, 0.25) is 5.02 Å². The van der Waals surface area contributed by atoms with Crippen molar-refractivity contribution in [3.05, 3.63) is 71.1 Å². The zero-order valence-electron chi connectivity index (χ0n) is 14.8. The highest BCUT2D eigenvalue weighted by atomic mass is 35.5. The van der Waals surface area contributed by atoms with Crippen molar-refractivity contribution in [2.45, 2.75) is 13.8 Å². The van der Waals surface area contributed by atoms with Crippen LogP contribution in [0.4, 0.5) is 0 Å². The van der Waals surface area contributed by atoms with Gasteiger partial charge in [0, 0.05) is 10.6 Å². The maximum Gasteiger partial charge on any atom is 0.182 e. The van der Waals surface area contributed by atoms with Gasteiger partial charge in [-0.25, -0.2) is 19.2 Å². The van der Waals surface area contributed by atoms with Crippen molar-refractivity contribution < 1.29 is 0 Å². The minimum absolute atomic E-state index is 0.625. The summed E-state index contributed by atoms with van der Waals surface area (Å²) in [6.07, 6.45) is 3.46. The molecular weight excluding hydrogens is 360 g/mol. The Morgan fingerprint density at radius 2 is 1.78 bits per heavy atom. The van der Waals surface area contributed by atoms with Crippen LogP contribution >= 0.6 is 11.6 Å². The normalized spacial score (nSPS) is 11.5. The first-order valence-electron chi connectivity index (χ1n) is 8.53. The van der Waals surface area contributed by atoms with Gasteiger partial charge in [0.1, 0.15) is 6.33 Å². The number of nitrogens with zero attached hydrogens (tertiary/aromatic N) is 6. The van der Waals surface area contributed by atoms with Crippen molar-refractivity contribution in [2.75, 3.05) is 0 Å². The number of hydrogen-bond acceptors (Lipinski definition) is 4. The fourth-order valence-electron chi connectivity index (χ4n) is 3.26. The number of halogens is 1. The van der Waals surface area contributed by atoms with E-state index in [1.165, 1.54) is 5.56 Å². The Balaban J connectivity index is 1.70. The molecule has 2 aromatic carbocycles. The number of benzene rings is 2. The molecule has 0 saturated carbocycles. The zero-order valence-corrected chi connectivity index (χ0v) is 15.5. The van der Waals surface area contributed by atoms with Gasteiger partial charge in [0.15, 0.2) is 17.1 Å². The molecular formula is C20H15ClN6. The molecule has 3 aromatic heterocycles. The van der Waals surface area contributed by atoms with Gasteiger partial charge in [-0.1, -0.05) is 29.3 Å². The monoisotopic (exact) mass is 374 g/mol. The second kappa shape index (κ2) is 5.89. The molecule has 0 aliphatic rings. The summed E-state index contributed by atoms with van der Waals surface area (Å²) in [4.78, 5) is 9.27. The molecule has 0 unspecified atom stereocenters. The largest absolute Gasteiger partial charge is 0.216 e. The minimum Gasteiger partial charge on any atom is -0.216 e. The second-order valence-electron chi connectivity index (χ2n) is 6.54. The van der Waals surface area contributed by atoms with Crippen molar-refractivity contribution in [2.24, 2.45) is 0 Å². The predicted octanol–water partition coefficient (Wildman–Crippen LogP) is 4.40. The molecule has 0 spiro atoms. The highest BCUT2D eigenvalue weighted by molar-refractivity contribution is 6.30. The van der Waals surface area contributed by atoms with Crippen molar-refractivity contribution in [3.8, 4) is 17.1 Å². The first-order chi connectivity index (χ1) is 13.1. The van der Waals surface area contributed by atoms with E-state index in [0.717, 1.165) is 33.5 Å². The van der Waals surface area contributed by atoms with Gasteiger partial charge in [-0.2, -0.15) is 5.10 Å². The molecule has 0 radical (unpaired) electrons. The lowest BCUT2D eigenvalue weighted by molar-refractivity contribution is 0.876. The van der Waals surface area contributed by atoms with Crippen molar-refractivity contribution in [1.29, 1.82) is 0 Å². The zero-order chi connectivity index (χ0) is 18.5. The summed E-state index contributed by atoms with van der Waals surface area (Å²) in [6, 6.07) is 13.7. The van der Waals surface area contributed by atoms with E-state index in [0.29, 0.717) is 10.8 Å². The average molecular weight is 375 g/mol. The van der Waals surface area contributed by atoms with E-state index in [-0.39, 0.29) is 0 Å². The van der Waals surface area contributed by atoms with Gasteiger partial charge in [0.25, 0.3) is 0 Å². The smallest absolute Gasteiger partial charge is 0.182 e. The Morgan fingerprint density at radius 3 is 2.56 bits per heavy atom. The van der Waals surface area contributed by atoms with Crippen molar-refractivity contribution >= 4 is 28.3 Å². The molecule has 0 aliphatic carbocycles. The molecule has 7 heteroatoms. The van der Waals surface area contributed by atoms with Crippen LogP contribution in [0.5, 0.6) is 0 Å². The van der Waals surface area contributed by atoms with E-state index < -0.39 is 0 Å². The lowest BCUT2D eigenvalue weighted by Crippen LogP contribution is -2.01. The third-order valence-electron chi connectivity index (χ3n) is 4.59. The summed E-state index contributed by atoms with van der Waals surface area (Å²) in [5, 5.41) is 10.6. The van der Waals surface area contributed by atoms with Crippen LogP contribution in [0.3, 0.4) is 0 Å². The molecule has 0 atom stereocenters. The van der Waals surface area contributed by atoms with Crippen LogP contribution in [-0.2, 0) is 0 Å². The average Bonchev–Trinajstić information content (AvgIpc) is 3.26. The Hall–Kier alpha value is -3.25. The number of hydrogen-bond donors (Lipinski definition) is 0. The molecule has 0 aliphatic heterocycles. The van der Waals surface area contributed by atoms with Gasteiger partial charge in [0.2, 0.25) is 0 Å². The SMILES string of the molecule is Cc1ccc(-n2ncc3c2ncn2nc(-c4ccc(Cl)cc4)nc32)c(C)c1. The maximum atomic E-state index is 5.97. The first kappa shape index (κ1) is 16.0. The van der Waals surface area contributed by atoms with E-state index in [2.05, 4.69) is 47.2 Å². The lowest BCUT2D eigenvalue weighted by atomic mass is 10.1. The van der Waals surface area contributed by atoms with Crippen LogP contribution in [0.25, 0.3) is 33.8 Å². The van der Waals surface area contributed by atoms with Gasteiger partial charge in [0.05, 0.1) is 17.3 Å². The summed E-state index contributed by atoms with van der Waals surface area (Å²) in [5.74, 6) is 0.625. The third kappa shape index (κ3) is 2.57. The van der Waals surface area contributed by atoms with E-state index in [4.69, 9.17) is 16.6 Å². The minimum atomic E-state index is 0.625. The highest BCUT2D eigenvalue weighted by Crippen LogP contribution is 2.24. The highest BCUT2D eigenvalue weighted by Gasteiger charge is 2.15. The van der Waals surface area contributed by atoms with E-state index in [1.54, 1.807) is 17.0 Å². The summed E-state index contributed by atoms with van der Waals surface area (Å²) >= 11 is 5.97. The second-order valence-corrected chi connectivity index (χ2v) is 6.98. The van der Waals surface area contributed by atoms with Gasteiger partial charge in [-0.3, -0.25) is 0 Å². The fourth-order valence-corrected chi connectivity index (χ4v) is 3.39. The molecule has 0 bridgehead atoms. The van der Waals surface area contributed by atoms with Gasteiger partial charge in [-0.05, 0) is 49.7 Å². The Bertz CT molecular complexity index is 1300. The molecule has 6 nitrogen and oxygen atoms in total.